The Morgan fingerprint density at radius 1 is 1.22 bits per heavy atom. The Morgan fingerprint density at radius 3 is 2.64 bits per heavy atom. The number of ketones is 1. The smallest absolute Gasteiger partial charge is 0.387 e. The van der Waals surface area contributed by atoms with Gasteiger partial charge in [-0.1, -0.05) is 6.42 Å². The lowest BCUT2D eigenvalue weighted by atomic mass is 9.88. The first kappa shape index (κ1) is 26.1. The zero-order chi connectivity index (χ0) is 26.3. The Labute approximate surface area is 207 Å². The van der Waals surface area contributed by atoms with Crippen LogP contribution in [0, 0.1) is 5.82 Å². The van der Waals surface area contributed by atoms with E-state index in [1.54, 1.807) is 20.8 Å². The number of hydrogen-bond acceptors (Lipinski definition) is 8. The van der Waals surface area contributed by atoms with Crippen molar-refractivity contribution in [3.63, 3.8) is 0 Å². The first-order chi connectivity index (χ1) is 16.9. The maximum absolute atomic E-state index is 15.2. The maximum atomic E-state index is 15.2. The number of halogens is 3. The molecule has 2 aliphatic heterocycles. The minimum atomic E-state index is -3.01. The van der Waals surface area contributed by atoms with Crippen molar-refractivity contribution in [3.8, 4) is 5.75 Å². The van der Waals surface area contributed by atoms with Crippen LogP contribution in [-0.2, 0) is 21.7 Å². The first-order valence-electron chi connectivity index (χ1n) is 11.6. The van der Waals surface area contributed by atoms with Gasteiger partial charge in [0.1, 0.15) is 39.1 Å². The highest BCUT2D eigenvalue weighted by molar-refractivity contribution is 7.96. The van der Waals surface area contributed by atoms with Crippen LogP contribution in [0.5, 0.6) is 5.75 Å². The largest absolute Gasteiger partial charge is 0.433 e. The van der Waals surface area contributed by atoms with Crippen LogP contribution in [0.1, 0.15) is 61.9 Å². The van der Waals surface area contributed by atoms with Gasteiger partial charge in [0, 0.05) is 12.2 Å². The summed E-state index contributed by atoms with van der Waals surface area (Å²) in [4.78, 5) is 25.7. The number of ether oxygens (including phenoxy) is 1. The summed E-state index contributed by atoms with van der Waals surface area (Å²) in [5, 5.41) is -0.619. The quantitative estimate of drug-likeness (QED) is 0.571. The average molecular weight is 524 g/mol. The number of amidine groups is 1. The van der Waals surface area contributed by atoms with Crippen LogP contribution < -0.4 is 10.5 Å². The monoisotopic (exact) mass is 523 g/mol. The first-order valence-corrected chi connectivity index (χ1v) is 13.1. The van der Waals surface area contributed by atoms with Crippen molar-refractivity contribution in [2.75, 3.05) is 6.54 Å². The molecular formula is C24H28F3N5O3S. The van der Waals surface area contributed by atoms with Gasteiger partial charge in [0.25, 0.3) is 0 Å². The van der Waals surface area contributed by atoms with E-state index in [0.29, 0.717) is 13.0 Å². The van der Waals surface area contributed by atoms with Crippen LogP contribution in [-0.4, -0.2) is 48.9 Å². The Morgan fingerprint density at radius 2 is 1.97 bits per heavy atom. The molecule has 0 saturated carbocycles. The molecule has 0 aliphatic carbocycles. The summed E-state index contributed by atoms with van der Waals surface area (Å²) in [6.45, 7) is 2.59. The predicted molar refractivity (Wildman–Crippen MR) is 129 cm³/mol. The summed E-state index contributed by atoms with van der Waals surface area (Å²) in [5.74, 6) is -1.16. The van der Waals surface area contributed by atoms with E-state index in [0.717, 1.165) is 19.0 Å². The molecule has 0 amide bonds. The number of nitrogens with zero attached hydrogens (tertiary/aromatic N) is 4. The van der Waals surface area contributed by atoms with E-state index in [-0.39, 0.29) is 35.1 Å². The van der Waals surface area contributed by atoms with Crippen LogP contribution in [0.4, 0.5) is 13.2 Å². The fourth-order valence-electron chi connectivity index (χ4n) is 4.72. The minimum absolute atomic E-state index is 0.0165. The molecule has 36 heavy (non-hydrogen) atoms. The normalized spacial score (nSPS) is 27.4. The molecule has 0 aromatic carbocycles. The lowest BCUT2D eigenvalue weighted by Gasteiger charge is -2.46. The Balaban J connectivity index is 1.70. The third-order valence-corrected chi connectivity index (χ3v) is 10.5. The molecule has 0 fully saturated rings. The predicted octanol–water partition coefficient (Wildman–Crippen LogP) is 4.03. The molecule has 0 bridgehead atoms. The lowest BCUT2D eigenvalue weighted by Crippen LogP contribution is -2.59. The highest BCUT2D eigenvalue weighted by Gasteiger charge is 2.56. The van der Waals surface area contributed by atoms with Crippen molar-refractivity contribution in [3.05, 3.63) is 53.4 Å². The lowest BCUT2D eigenvalue weighted by molar-refractivity contribution is -0.0500. The molecule has 0 unspecified atom stereocenters. The van der Waals surface area contributed by atoms with E-state index in [9.17, 15) is 17.8 Å². The SMILES string of the molecule is CC1(C)C(N)=N[C@](C)(c2nc(CC(=O)c3ccc(OC(F)F)cn3)ccc2F)[C@H]2CCCCN=[S@]21=O. The number of hydrogen-bond donors (Lipinski definition) is 1. The molecular weight excluding hydrogens is 495 g/mol. The third-order valence-electron chi connectivity index (χ3n) is 6.84. The number of Topliss-reactive ketones (excluding diaryl/α,β-unsaturated/α-hetero) is 1. The number of carbonyl (C=O) groups excluding carboxylic acids is 1. The number of aromatic nitrogens is 2. The summed E-state index contributed by atoms with van der Waals surface area (Å²) in [6, 6.07) is 5.06. The molecule has 0 spiro atoms. The maximum Gasteiger partial charge on any atom is 0.387 e. The van der Waals surface area contributed by atoms with Gasteiger partial charge in [-0.2, -0.15) is 8.78 Å². The van der Waals surface area contributed by atoms with Crippen LogP contribution in [0.3, 0.4) is 0 Å². The van der Waals surface area contributed by atoms with Gasteiger partial charge in [0.2, 0.25) is 0 Å². The van der Waals surface area contributed by atoms with Crippen molar-refractivity contribution < 1.29 is 26.9 Å². The second kappa shape index (κ2) is 9.45. The molecule has 194 valence electrons. The number of pyridine rings is 2. The summed E-state index contributed by atoms with van der Waals surface area (Å²) < 4.78 is 62.1. The molecule has 3 atom stereocenters. The third kappa shape index (κ3) is 4.46. The zero-order valence-electron chi connectivity index (χ0n) is 20.2. The Hall–Kier alpha value is -3.02. The van der Waals surface area contributed by atoms with Crippen molar-refractivity contribution in [2.45, 2.75) is 68.6 Å². The Bertz CT molecular complexity index is 1320. The molecule has 0 saturated heterocycles. The van der Waals surface area contributed by atoms with E-state index in [4.69, 9.17) is 5.73 Å². The van der Waals surface area contributed by atoms with E-state index < -0.39 is 43.5 Å². The fraction of sp³-hybridized carbons (Fsp3) is 0.500. The molecule has 2 aromatic rings. The van der Waals surface area contributed by atoms with Gasteiger partial charge < -0.3 is 10.5 Å². The molecule has 2 aliphatic rings. The number of nitrogens with two attached hydrogens (primary N) is 1. The van der Waals surface area contributed by atoms with Crippen molar-refractivity contribution in [1.29, 1.82) is 0 Å². The number of rotatable bonds is 6. The van der Waals surface area contributed by atoms with Gasteiger partial charge in [-0.15, -0.1) is 0 Å². The van der Waals surface area contributed by atoms with Gasteiger partial charge >= 0.3 is 6.61 Å². The zero-order valence-corrected chi connectivity index (χ0v) is 21.0. The van der Waals surface area contributed by atoms with Gasteiger partial charge in [-0.25, -0.2) is 17.9 Å². The molecule has 8 nitrogen and oxygen atoms in total. The van der Waals surface area contributed by atoms with Crippen LogP contribution in [0.2, 0.25) is 0 Å². The minimum Gasteiger partial charge on any atom is -0.433 e. The van der Waals surface area contributed by atoms with E-state index in [1.807, 2.05) is 0 Å². The molecule has 0 radical (unpaired) electrons. The number of carbonyl (C=O) groups is 1. The van der Waals surface area contributed by atoms with Gasteiger partial charge in [0.15, 0.2) is 5.78 Å². The standard InChI is InChI=1S/C24H28F3N5O3S/c1-23(2)21(28)32-24(3,19-6-4-5-11-30-36(19,23)34)20-16(25)9-7-14(31-20)12-18(33)17-10-8-15(13-29-17)35-22(26)27/h7-10,13,19,22H,4-6,11-12H2,1-3H3,(H2,28,32)/t19-,24+,36+/m1/s1. The average Bonchev–Trinajstić information content (AvgIpc) is 3.02. The van der Waals surface area contributed by atoms with E-state index in [2.05, 4.69) is 24.1 Å². The number of aliphatic imine (C=N–C) groups is 1. The summed E-state index contributed by atoms with van der Waals surface area (Å²) in [7, 11) is -2.94. The highest BCUT2D eigenvalue weighted by Crippen LogP contribution is 2.46. The molecule has 2 N–H and O–H groups in total. The number of alkyl halides is 2. The van der Waals surface area contributed by atoms with Crippen LogP contribution in [0.25, 0.3) is 0 Å². The molecule has 12 heteroatoms. The van der Waals surface area contributed by atoms with Crippen LogP contribution in [0.15, 0.2) is 39.8 Å². The second-order valence-corrected chi connectivity index (χ2v) is 12.5. The van der Waals surface area contributed by atoms with Crippen molar-refractivity contribution in [1.82, 2.24) is 9.97 Å². The van der Waals surface area contributed by atoms with Gasteiger partial charge in [-0.3, -0.25) is 14.8 Å². The Kier molecular flexibility index (Phi) is 6.84. The fourth-order valence-corrected chi connectivity index (χ4v) is 7.95. The molecule has 2 aromatic heterocycles. The summed E-state index contributed by atoms with van der Waals surface area (Å²) >= 11 is 0. The van der Waals surface area contributed by atoms with Crippen molar-refractivity contribution in [2.24, 2.45) is 15.1 Å². The second-order valence-electron chi connectivity index (χ2n) is 9.55. The highest BCUT2D eigenvalue weighted by atomic mass is 32.2. The molecule has 4 heterocycles. The molecule has 4 rings (SSSR count). The summed E-state index contributed by atoms with van der Waals surface area (Å²) in [6.07, 6.45) is 2.83. The van der Waals surface area contributed by atoms with Gasteiger partial charge in [-0.05, 0) is 57.9 Å². The summed E-state index contributed by atoms with van der Waals surface area (Å²) in [5.41, 5.74) is 5.17. The van der Waals surface area contributed by atoms with E-state index in [1.165, 1.54) is 24.3 Å². The topological polar surface area (TPSA) is 120 Å². The number of fused-ring (bicyclic) bond motifs is 1. The van der Waals surface area contributed by atoms with E-state index >= 15 is 4.39 Å². The van der Waals surface area contributed by atoms with Crippen molar-refractivity contribution >= 4 is 21.3 Å². The van der Waals surface area contributed by atoms with Crippen LogP contribution >= 0.6 is 0 Å². The van der Waals surface area contributed by atoms with Gasteiger partial charge in [0.05, 0.1) is 27.6 Å².